The van der Waals surface area contributed by atoms with Crippen LogP contribution in [0.4, 0.5) is 33.7 Å². The Labute approximate surface area is 196 Å². The summed E-state index contributed by atoms with van der Waals surface area (Å²) in [4.78, 5) is 19.9. The molecule has 4 aromatic rings. The number of anilines is 2. The number of nitrogens with one attached hydrogen (secondary N) is 2. The van der Waals surface area contributed by atoms with E-state index in [4.69, 9.17) is 4.74 Å². The first kappa shape index (κ1) is 23.7. The molecule has 1 aromatic carbocycles. The molecule has 0 atom stereocenters. The van der Waals surface area contributed by atoms with Crippen LogP contribution in [0, 0.1) is 12.7 Å². The topological polar surface area (TPSA) is 94.0 Å². The van der Waals surface area contributed by atoms with Crippen molar-refractivity contribution in [1.29, 1.82) is 0 Å². The highest BCUT2D eigenvalue weighted by molar-refractivity contribution is 5.99. The molecule has 0 aliphatic heterocycles. The lowest BCUT2D eigenvalue weighted by molar-refractivity contribution is -0.137. The van der Waals surface area contributed by atoms with Gasteiger partial charge in [-0.2, -0.15) is 18.3 Å². The molecule has 0 unspecified atom stereocenters. The van der Waals surface area contributed by atoms with Crippen molar-refractivity contribution >= 4 is 17.4 Å². The summed E-state index contributed by atoms with van der Waals surface area (Å²) in [7, 11) is 1.78. The van der Waals surface area contributed by atoms with Gasteiger partial charge in [-0.1, -0.05) is 0 Å². The maximum absolute atomic E-state index is 14.9. The number of rotatable bonds is 5. The minimum Gasteiger partial charge on any atom is -0.457 e. The van der Waals surface area contributed by atoms with Gasteiger partial charge in [0.05, 0.1) is 35.0 Å². The molecule has 0 bridgehead atoms. The average Bonchev–Trinajstić information content (AvgIpc) is 3.25. The summed E-state index contributed by atoms with van der Waals surface area (Å²) in [6.45, 7) is 1.47. The van der Waals surface area contributed by atoms with E-state index in [2.05, 4.69) is 25.7 Å². The predicted octanol–water partition coefficient (Wildman–Crippen LogP) is 5.78. The molecule has 12 heteroatoms. The number of aromatic nitrogens is 4. The Balaban J connectivity index is 1.47. The summed E-state index contributed by atoms with van der Waals surface area (Å²) in [6.07, 6.45) is 2.05. The molecule has 2 N–H and O–H groups in total. The van der Waals surface area contributed by atoms with Crippen LogP contribution in [-0.2, 0) is 13.2 Å². The molecule has 0 saturated carbocycles. The molecule has 0 spiro atoms. The van der Waals surface area contributed by atoms with Gasteiger partial charge in [-0.15, -0.1) is 0 Å². The van der Waals surface area contributed by atoms with Crippen LogP contribution in [0.25, 0.3) is 11.3 Å². The number of aryl methyl sites for hydroxylation is 1. The Hall–Kier alpha value is -4.48. The molecule has 3 aromatic heterocycles. The molecule has 180 valence electrons. The lowest BCUT2D eigenvalue weighted by Crippen LogP contribution is -2.21. The Morgan fingerprint density at radius 2 is 1.89 bits per heavy atom. The fraction of sp³-hybridized carbons (Fsp3) is 0.130. The van der Waals surface area contributed by atoms with Gasteiger partial charge in [-0.3, -0.25) is 14.6 Å². The molecule has 8 nitrogen and oxygen atoms in total. The first-order valence-electron chi connectivity index (χ1n) is 10.1. The van der Waals surface area contributed by atoms with Gasteiger partial charge in [-0.05, 0) is 31.2 Å². The minimum absolute atomic E-state index is 0.114. The Kier molecular flexibility index (Phi) is 6.36. The lowest BCUT2D eigenvalue weighted by atomic mass is 10.1. The zero-order valence-electron chi connectivity index (χ0n) is 18.4. The lowest BCUT2D eigenvalue weighted by Gasteiger charge is -2.14. The molecule has 0 fully saturated rings. The molecule has 0 radical (unpaired) electrons. The number of halogens is 4. The molecule has 35 heavy (non-hydrogen) atoms. The number of ether oxygens (including phenoxy) is 1. The molecule has 2 amide bonds. The molecule has 0 saturated heterocycles. The second kappa shape index (κ2) is 9.41. The zero-order chi connectivity index (χ0) is 25.2. The molecular formula is C23H18F4N6O2. The van der Waals surface area contributed by atoms with Gasteiger partial charge in [0.1, 0.15) is 11.5 Å². The Bertz CT molecular complexity index is 1390. The number of carbonyl (C=O) groups excluding carboxylic acids is 1. The second-order valence-corrected chi connectivity index (χ2v) is 7.47. The summed E-state index contributed by atoms with van der Waals surface area (Å²) in [5.41, 5.74) is 0.106. The van der Waals surface area contributed by atoms with Crippen molar-refractivity contribution in [3.8, 4) is 22.8 Å². The number of carbonyl (C=O) groups is 1. The number of hydrogen-bond acceptors (Lipinski definition) is 5. The van der Waals surface area contributed by atoms with Crippen LogP contribution < -0.4 is 15.4 Å². The third kappa shape index (κ3) is 5.54. The third-order valence-corrected chi connectivity index (χ3v) is 4.87. The quantitative estimate of drug-likeness (QED) is 0.349. The van der Waals surface area contributed by atoms with Crippen LogP contribution in [0.3, 0.4) is 0 Å². The van der Waals surface area contributed by atoms with Crippen LogP contribution in [0.2, 0.25) is 0 Å². The summed E-state index contributed by atoms with van der Waals surface area (Å²) in [5, 5.41) is 8.58. The van der Waals surface area contributed by atoms with Crippen molar-refractivity contribution in [3.63, 3.8) is 0 Å². The molecular weight excluding hydrogens is 468 g/mol. The average molecular weight is 486 g/mol. The maximum atomic E-state index is 14.9. The van der Waals surface area contributed by atoms with Crippen LogP contribution in [-0.4, -0.2) is 25.8 Å². The van der Waals surface area contributed by atoms with Crippen LogP contribution in [0.1, 0.15) is 11.1 Å². The number of urea groups is 1. The smallest absolute Gasteiger partial charge is 0.417 e. The van der Waals surface area contributed by atoms with E-state index in [9.17, 15) is 22.4 Å². The number of amides is 2. The molecule has 4 rings (SSSR count). The van der Waals surface area contributed by atoms with E-state index in [1.165, 1.54) is 19.1 Å². The van der Waals surface area contributed by atoms with Crippen molar-refractivity contribution in [1.82, 2.24) is 19.7 Å². The van der Waals surface area contributed by atoms with Crippen molar-refractivity contribution in [2.75, 3.05) is 10.6 Å². The highest BCUT2D eigenvalue weighted by Gasteiger charge is 2.31. The van der Waals surface area contributed by atoms with E-state index in [-0.39, 0.29) is 22.7 Å². The zero-order valence-corrected chi connectivity index (χ0v) is 18.4. The normalized spacial score (nSPS) is 11.3. The molecule has 0 aliphatic rings. The van der Waals surface area contributed by atoms with E-state index in [0.717, 1.165) is 17.8 Å². The Morgan fingerprint density at radius 3 is 2.60 bits per heavy atom. The molecule has 0 aliphatic carbocycles. The fourth-order valence-electron chi connectivity index (χ4n) is 3.14. The summed E-state index contributed by atoms with van der Waals surface area (Å²) >= 11 is 0. The van der Waals surface area contributed by atoms with Gasteiger partial charge in [0.25, 0.3) is 0 Å². The van der Waals surface area contributed by atoms with Crippen molar-refractivity contribution < 1.29 is 27.1 Å². The Morgan fingerprint density at radius 1 is 1.09 bits per heavy atom. The molecule has 3 heterocycles. The van der Waals surface area contributed by atoms with Crippen LogP contribution in [0.5, 0.6) is 11.5 Å². The van der Waals surface area contributed by atoms with E-state index >= 15 is 0 Å². The van der Waals surface area contributed by atoms with E-state index in [1.807, 2.05) is 0 Å². The predicted molar refractivity (Wildman–Crippen MR) is 120 cm³/mol. The summed E-state index contributed by atoms with van der Waals surface area (Å²) in [5.74, 6) is -0.142. The number of alkyl halides is 3. The van der Waals surface area contributed by atoms with Crippen LogP contribution in [0.15, 0.2) is 61.3 Å². The van der Waals surface area contributed by atoms with Gasteiger partial charge in [0.15, 0.2) is 5.82 Å². The third-order valence-electron chi connectivity index (χ3n) is 4.87. The number of nitrogens with zero attached hydrogens (tertiary/aromatic N) is 4. The van der Waals surface area contributed by atoms with Crippen molar-refractivity contribution in [2.45, 2.75) is 13.1 Å². The standard InChI is InChI=1S/C23H18F4N6O2/c1-13-20(35-17-5-6-29-19(8-17)14-9-30-33(2)12-14)4-3-18(21(13)24)32-22(34)31-16-7-15(10-28-11-16)23(25,26)27/h3-12H,1-2H3,(H2,31,32,34). The number of benzene rings is 1. The first-order chi connectivity index (χ1) is 16.6. The SMILES string of the molecule is Cc1c(Oc2ccnc(-c3cnn(C)c3)c2)ccc(NC(=O)Nc2cncc(C(F)(F)F)c2)c1F. The van der Waals surface area contributed by atoms with E-state index < -0.39 is 23.6 Å². The summed E-state index contributed by atoms with van der Waals surface area (Å²) < 4.78 is 60.8. The van der Waals surface area contributed by atoms with Gasteiger partial charge < -0.3 is 15.4 Å². The monoisotopic (exact) mass is 486 g/mol. The van der Waals surface area contributed by atoms with E-state index in [0.29, 0.717) is 17.6 Å². The van der Waals surface area contributed by atoms with Gasteiger partial charge >= 0.3 is 12.2 Å². The maximum Gasteiger partial charge on any atom is 0.417 e. The van der Waals surface area contributed by atoms with Gasteiger partial charge in [0.2, 0.25) is 0 Å². The number of hydrogen-bond donors (Lipinski definition) is 2. The van der Waals surface area contributed by atoms with Crippen molar-refractivity contribution in [2.24, 2.45) is 7.05 Å². The number of pyridine rings is 2. The highest BCUT2D eigenvalue weighted by atomic mass is 19.4. The second-order valence-electron chi connectivity index (χ2n) is 7.47. The van der Waals surface area contributed by atoms with Gasteiger partial charge in [0, 0.05) is 42.8 Å². The van der Waals surface area contributed by atoms with E-state index in [1.54, 1.807) is 42.5 Å². The highest BCUT2D eigenvalue weighted by Crippen LogP contribution is 2.32. The van der Waals surface area contributed by atoms with Crippen molar-refractivity contribution in [3.05, 3.63) is 78.3 Å². The first-order valence-corrected chi connectivity index (χ1v) is 10.1. The fourth-order valence-corrected chi connectivity index (χ4v) is 3.14. The minimum atomic E-state index is -4.62. The largest absolute Gasteiger partial charge is 0.457 e. The van der Waals surface area contributed by atoms with Crippen LogP contribution >= 0.6 is 0 Å². The van der Waals surface area contributed by atoms with Gasteiger partial charge in [-0.25, -0.2) is 9.18 Å². The summed E-state index contributed by atoms with van der Waals surface area (Å²) in [6, 6.07) is 5.82.